The Kier molecular flexibility index (Phi) is 5.80. The Labute approximate surface area is 179 Å². The minimum Gasteiger partial charge on any atom is -0.377 e. The zero-order valence-corrected chi connectivity index (χ0v) is 18.1. The van der Waals surface area contributed by atoms with E-state index in [9.17, 15) is 9.59 Å². The summed E-state index contributed by atoms with van der Waals surface area (Å²) < 4.78 is 0. The smallest absolute Gasteiger partial charge is 0.254 e. The Morgan fingerprint density at radius 3 is 2.40 bits per heavy atom. The molecule has 0 bridgehead atoms. The molecule has 5 nitrogen and oxygen atoms in total. The van der Waals surface area contributed by atoms with Crippen LogP contribution in [0.1, 0.15) is 53.6 Å². The molecule has 2 aromatic carbocycles. The molecule has 2 fully saturated rings. The van der Waals surface area contributed by atoms with Crippen molar-refractivity contribution in [2.24, 2.45) is 5.92 Å². The minimum absolute atomic E-state index is 0.0785. The first-order valence-corrected chi connectivity index (χ1v) is 10.9. The van der Waals surface area contributed by atoms with Crippen LogP contribution in [0.2, 0.25) is 0 Å². The summed E-state index contributed by atoms with van der Waals surface area (Å²) in [5, 5.41) is 3.08. The van der Waals surface area contributed by atoms with Crippen LogP contribution in [-0.4, -0.2) is 36.9 Å². The lowest BCUT2D eigenvalue weighted by molar-refractivity contribution is -0.122. The molecular formula is C25H31N3O2. The van der Waals surface area contributed by atoms with E-state index < -0.39 is 0 Å². The zero-order chi connectivity index (χ0) is 21.3. The molecule has 0 aromatic heterocycles. The maximum Gasteiger partial charge on any atom is 0.254 e. The molecule has 2 amide bonds. The van der Waals surface area contributed by atoms with Gasteiger partial charge in [-0.25, -0.2) is 0 Å². The first kappa shape index (κ1) is 20.5. The van der Waals surface area contributed by atoms with Crippen LogP contribution in [-0.2, 0) is 11.3 Å². The van der Waals surface area contributed by atoms with E-state index >= 15 is 0 Å². The van der Waals surface area contributed by atoms with Crippen LogP contribution >= 0.6 is 0 Å². The van der Waals surface area contributed by atoms with Gasteiger partial charge in [-0.05, 0) is 68.5 Å². The van der Waals surface area contributed by atoms with Gasteiger partial charge in [-0.3, -0.25) is 9.59 Å². The predicted octanol–water partition coefficient (Wildman–Crippen LogP) is 4.60. The molecule has 5 heteroatoms. The van der Waals surface area contributed by atoms with E-state index in [1.165, 1.54) is 0 Å². The molecule has 2 aromatic rings. The molecule has 30 heavy (non-hydrogen) atoms. The molecule has 2 saturated carbocycles. The molecule has 0 aliphatic heterocycles. The average molecular weight is 406 g/mol. The number of rotatable bonds is 7. The van der Waals surface area contributed by atoms with Gasteiger partial charge in [0.2, 0.25) is 5.91 Å². The van der Waals surface area contributed by atoms with E-state index in [0.717, 1.165) is 60.2 Å². The summed E-state index contributed by atoms with van der Waals surface area (Å²) in [6.07, 6.45) is 5.20. The van der Waals surface area contributed by atoms with Crippen molar-refractivity contribution in [1.82, 2.24) is 4.90 Å². The number of hydrogen-bond donors (Lipinski definition) is 1. The van der Waals surface area contributed by atoms with Crippen molar-refractivity contribution in [3.8, 4) is 0 Å². The lowest BCUT2D eigenvalue weighted by atomic mass is 9.85. The Hall–Kier alpha value is -2.82. The second-order valence-corrected chi connectivity index (χ2v) is 8.89. The van der Waals surface area contributed by atoms with Crippen molar-refractivity contribution in [3.63, 3.8) is 0 Å². The number of carbonyl (C=O) groups is 2. The fourth-order valence-corrected chi connectivity index (χ4v) is 4.02. The van der Waals surface area contributed by atoms with E-state index in [4.69, 9.17) is 0 Å². The van der Waals surface area contributed by atoms with Gasteiger partial charge in [0.05, 0.1) is 0 Å². The lowest BCUT2D eigenvalue weighted by Crippen LogP contribution is -2.33. The van der Waals surface area contributed by atoms with Crippen molar-refractivity contribution in [2.75, 3.05) is 24.3 Å². The molecule has 1 N–H and O–H groups in total. The molecule has 4 rings (SSSR count). The van der Waals surface area contributed by atoms with Crippen molar-refractivity contribution >= 4 is 23.2 Å². The molecule has 0 radical (unpaired) electrons. The molecule has 0 saturated heterocycles. The molecule has 158 valence electrons. The number of hydrogen-bond acceptors (Lipinski definition) is 3. The summed E-state index contributed by atoms with van der Waals surface area (Å²) in [4.78, 5) is 29.8. The third kappa shape index (κ3) is 4.50. The second kappa shape index (κ2) is 8.50. The van der Waals surface area contributed by atoms with Crippen molar-refractivity contribution < 1.29 is 9.59 Å². The van der Waals surface area contributed by atoms with E-state index in [0.29, 0.717) is 12.6 Å². The largest absolute Gasteiger partial charge is 0.377 e. The van der Waals surface area contributed by atoms with Gasteiger partial charge >= 0.3 is 0 Å². The van der Waals surface area contributed by atoms with Gasteiger partial charge in [0.15, 0.2) is 0 Å². The van der Waals surface area contributed by atoms with Crippen molar-refractivity contribution in [1.29, 1.82) is 0 Å². The molecule has 0 atom stereocenters. The molecule has 2 aliphatic rings. The Morgan fingerprint density at radius 2 is 1.80 bits per heavy atom. The maximum absolute atomic E-state index is 13.3. The Morgan fingerprint density at radius 1 is 1.03 bits per heavy atom. The molecule has 2 aliphatic carbocycles. The highest BCUT2D eigenvalue weighted by Crippen LogP contribution is 2.33. The van der Waals surface area contributed by atoms with Gasteiger partial charge < -0.3 is 15.1 Å². The highest BCUT2D eigenvalue weighted by molar-refractivity contribution is 5.95. The van der Waals surface area contributed by atoms with Gasteiger partial charge in [-0.2, -0.15) is 0 Å². The summed E-state index contributed by atoms with van der Waals surface area (Å²) in [6.45, 7) is 2.55. The lowest BCUT2D eigenvalue weighted by Gasteiger charge is -2.27. The van der Waals surface area contributed by atoms with Gasteiger partial charge in [-0.1, -0.05) is 24.1 Å². The number of aryl methyl sites for hydroxylation is 1. The van der Waals surface area contributed by atoms with Crippen molar-refractivity contribution in [2.45, 2.75) is 51.6 Å². The highest BCUT2D eigenvalue weighted by atomic mass is 16.2. The van der Waals surface area contributed by atoms with E-state index in [1.54, 1.807) is 0 Å². The average Bonchev–Trinajstić information content (AvgIpc) is 3.49. The molecule has 0 spiro atoms. The number of nitrogens with one attached hydrogen (secondary N) is 1. The van der Waals surface area contributed by atoms with E-state index in [2.05, 4.69) is 10.2 Å². The molecular weight excluding hydrogens is 374 g/mol. The third-order valence-corrected chi connectivity index (χ3v) is 6.16. The van der Waals surface area contributed by atoms with Gasteiger partial charge in [0, 0.05) is 49.5 Å². The van der Waals surface area contributed by atoms with Gasteiger partial charge in [0.1, 0.15) is 0 Å². The summed E-state index contributed by atoms with van der Waals surface area (Å²) >= 11 is 0. The fraction of sp³-hybridized carbons (Fsp3) is 0.440. The van der Waals surface area contributed by atoms with Crippen LogP contribution in [0.3, 0.4) is 0 Å². The number of amides is 2. The van der Waals surface area contributed by atoms with Gasteiger partial charge in [-0.15, -0.1) is 0 Å². The third-order valence-electron chi connectivity index (χ3n) is 6.16. The normalized spacial score (nSPS) is 16.0. The molecule has 0 unspecified atom stereocenters. The quantitative estimate of drug-likeness (QED) is 0.732. The van der Waals surface area contributed by atoms with Crippen LogP contribution in [0.4, 0.5) is 11.4 Å². The summed E-state index contributed by atoms with van der Waals surface area (Å²) in [5.41, 5.74) is 4.76. The Bertz CT molecular complexity index is 945. The number of carbonyl (C=O) groups excluding carboxylic acids is 2. The maximum atomic E-state index is 13.3. The van der Waals surface area contributed by atoms with Gasteiger partial charge in [0.25, 0.3) is 5.91 Å². The monoisotopic (exact) mass is 405 g/mol. The SMILES string of the molecule is Cc1cccc(C(=O)N(Cc2cc(NC(=O)C3CCC3)ccc2N(C)C)C2CC2)c1. The zero-order valence-electron chi connectivity index (χ0n) is 18.1. The fourth-order valence-electron chi connectivity index (χ4n) is 4.02. The minimum atomic E-state index is 0.0785. The molecule has 0 heterocycles. The standard InChI is InChI=1S/C25H31N3O2/c1-17-6-4-9-19(14-17)25(30)28(22-11-12-22)16-20-15-21(10-13-23(20)27(2)3)26-24(29)18-7-5-8-18/h4,6,9-10,13-15,18,22H,5,7-8,11-12,16H2,1-3H3,(H,26,29). The van der Waals surface area contributed by atoms with Crippen LogP contribution in [0.15, 0.2) is 42.5 Å². The number of anilines is 2. The topological polar surface area (TPSA) is 52.7 Å². The van der Waals surface area contributed by atoms with E-state index in [-0.39, 0.29) is 17.7 Å². The van der Waals surface area contributed by atoms with Crippen LogP contribution < -0.4 is 10.2 Å². The van der Waals surface area contributed by atoms with Crippen LogP contribution in [0.5, 0.6) is 0 Å². The van der Waals surface area contributed by atoms with Crippen LogP contribution in [0.25, 0.3) is 0 Å². The Balaban J connectivity index is 1.59. The van der Waals surface area contributed by atoms with Crippen LogP contribution in [0, 0.1) is 12.8 Å². The number of nitrogens with zero attached hydrogens (tertiary/aromatic N) is 2. The summed E-state index contributed by atoms with van der Waals surface area (Å²) in [5.74, 6) is 0.335. The first-order chi connectivity index (χ1) is 14.4. The van der Waals surface area contributed by atoms with E-state index in [1.807, 2.05) is 68.4 Å². The second-order valence-electron chi connectivity index (χ2n) is 8.89. The highest BCUT2D eigenvalue weighted by Gasteiger charge is 2.34. The first-order valence-electron chi connectivity index (χ1n) is 10.9. The predicted molar refractivity (Wildman–Crippen MR) is 121 cm³/mol. The number of benzene rings is 2. The van der Waals surface area contributed by atoms with Crippen molar-refractivity contribution in [3.05, 3.63) is 59.2 Å². The summed E-state index contributed by atoms with van der Waals surface area (Å²) in [7, 11) is 4.02. The summed E-state index contributed by atoms with van der Waals surface area (Å²) in [6, 6.07) is 14.1.